The van der Waals surface area contributed by atoms with Gasteiger partial charge in [-0.05, 0) is 23.6 Å². The molecule has 112 valence electrons. The fraction of sp³-hybridized carbons (Fsp3) is 0.278. The highest BCUT2D eigenvalue weighted by Gasteiger charge is 2.11. The second-order valence-corrected chi connectivity index (χ2v) is 6.63. The maximum atomic E-state index is 4.59. The van der Waals surface area contributed by atoms with E-state index in [1.165, 1.54) is 0 Å². The van der Waals surface area contributed by atoms with E-state index in [9.17, 15) is 0 Å². The topological polar surface area (TPSA) is 50.7 Å². The lowest BCUT2D eigenvalue weighted by Crippen LogP contribution is -2.19. The Labute approximate surface area is 130 Å². The minimum Gasteiger partial charge on any atom is -0.383 e. The first kappa shape index (κ1) is 14.4. The van der Waals surface area contributed by atoms with Crippen LogP contribution in [0.2, 0.25) is 0 Å². The average molecular weight is 292 g/mol. The third-order valence-corrected chi connectivity index (χ3v) is 3.43. The third-order valence-electron chi connectivity index (χ3n) is 3.43. The van der Waals surface area contributed by atoms with Crippen LogP contribution in [0.5, 0.6) is 0 Å². The third kappa shape index (κ3) is 3.22. The molecule has 0 spiro atoms. The standard InChI is InChI=1S/C18H20N4/c1-18(2,3)12-22-17-11-20-9-14-8-16(21-10-15(14)17)13-4-6-19-7-5-13/h4-11,22H,12H2,1-3H3. The Morgan fingerprint density at radius 1 is 1.00 bits per heavy atom. The summed E-state index contributed by atoms with van der Waals surface area (Å²) in [6, 6.07) is 5.99. The molecule has 0 aliphatic carbocycles. The summed E-state index contributed by atoms with van der Waals surface area (Å²) >= 11 is 0. The number of nitrogens with zero attached hydrogens (tertiary/aromatic N) is 3. The molecule has 0 aliphatic rings. The van der Waals surface area contributed by atoms with Crippen LogP contribution in [0.3, 0.4) is 0 Å². The minimum atomic E-state index is 0.215. The highest BCUT2D eigenvalue weighted by molar-refractivity contribution is 5.94. The molecule has 4 heteroatoms. The normalized spacial score (nSPS) is 11.6. The summed E-state index contributed by atoms with van der Waals surface area (Å²) in [6.45, 7) is 7.51. The van der Waals surface area contributed by atoms with Gasteiger partial charge in [0.15, 0.2) is 0 Å². The summed E-state index contributed by atoms with van der Waals surface area (Å²) in [4.78, 5) is 13.0. The van der Waals surface area contributed by atoms with Crippen LogP contribution in [0.1, 0.15) is 20.8 Å². The molecule has 0 aliphatic heterocycles. The fourth-order valence-corrected chi connectivity index (χ4v) is 2.25. The first-order chi connectivity index (χ1) is 10.5. The van der Waals surface area contributed by atoms with E-state index in [4.69, 9.17) is 0 Å². The molecule has 0 bridgehead atoms. The fourth-order valence-electron chi connectivity index (χ4n) is 2.25. The average Bonchev–Trinajstić information content (AvgIpc) is 2.52. The molecule has 0 radical (unpaired) electrons. The SMILES string of the molecule is CC(C)(C)CNc1cncc2cc(-c3ccncc3)ncc12. The highest BCUT2D eigenvalue weighted by atomic mass is 14.9. The van der Waals surface area contributed by atoms with Crippen molar-refractivity contribution in [3.63, 3.8) is 0 Å². The van der Waals surface area contributed by atoms with Crippen molar-refractivity contribution >= 4 is 16.5 Å². The molecule has 3 aromatic rings. The minimum absolute atomic E-state index is 0.215. The van der Waals surface area contributed by atoms with E-state index in [0.29, 0.717) is 0 Å². The Morgan fingerprint density at radius 2 is 1.77 bits per heavy atom. The molecular weight excluding hydrogens is 272 g/mol. The predicted octanol–water partition coefficient (Wildman–Crippen LogP) is 4.15. The molecule has 0 atom stereocenters. The Hall–Kier alpha value is -2.49. The first-order valence-corrected chi connectivity index (χ1v) is 7.41. The first-order valence-electron chi connectivity index (χ1n) is 7.41. The van der Waals surface area contributed by atoms with Crippen LogP contribution in [0.25, 0.3) is 22.0 Å². The van der Waals surface area contributed by atoms with Crippen molar-refractivity contribution in [2.24, 2.45) is 5.41 Å². The lowest BCUT2D eigenvalue weighted by molar-refractivity contribution is 0.443. The second kappa shape index (κ2) is 5.72. The van der Waals surface area contributed by atoms with E-state index in [0.717, 1.165) is 34.3 Å². The van der Waals surface area contributed by atoms with Crippen molar-refractivity contribution in [1.82, 2.24) is 15.0 Å². The maximum Gasteiger partial charge on any atom is 0.0710 e. The number of nitrogens with one attached hydrogen (secondary N) is 1. The van der Waals surface area contributed by atoms with Crippen LogP contribution in [0, 0.1) is 5.41 Å². The number of pyridine rings is 3. The van der Waals surface area contributed by atoms with E-state index < -0.39 is 0 Å². The van der Waals surface area contributed by atoms with Gasteiger partial charge in [-0.2, -0.15) is 0 Å². The van der Waals surface area contributed by atoms with Gasteiger partial charge in [0.1, 0.15) is 0 Å². The van der Waals surface area contributed by atoms with Gasteiger partial charge in [-0.1, -0.05) is 20.8 Å². The number of rotatable bonds is 3. The zero-order valence-electron chi connectivity index (χ0n) is 13.2. The number of anilines is 1. The van der Waals surface area contributed by atoms with Crippen LogP contribution in [-0.4, -0.2) is 21.5 Å². The summed E-state index contributed by atoms with van der Waals surface area (Å²) in [5, 5.41) is 5.65. The van der Waals surface area contributed by atoms with Crippen molar-refractivity contribution in [3.05, 3.63) is 49.2 Å². The van der Waals surface area contributed by atoms with Crippen molar-refractivity contribution in [2.75, 3.05) is 11.9 Å². The Kier molecular flexibility index (Phi) is 3.75. The van der Waals surface area contributed by atoms with Crippen LogP contribution in [-0.2, 0) is 0 Å². The number of fused-ring (bicyclic) bond motifs is 1. The van der Waals surface area contributed by atoms with Gasteiger partial charge in [0, 0.05) is 47.7 Å². The monoisotopic (exact) mass is 292 g/mol. The van der Waals surface area contributed by atoms with E-state index >= 15 is 0 Å². The van der Waals surface area contributed by atoms with Crippen molar-refractivity contribution in [3.8, 4) is 11.3 Å². The highest BCUT2D eigenvalue weighted by Crippen LogP contribution is 2.26. The van der Waals surface area contributed by atoms with Crippen LogP contribution in [0.4, 0.5) is 5.69 Å². The summed E-state index contributed by atoms with van der Waals surface area (Å²) < 4.78 is 0. The summed E-state index contributed by atoms with van der Waals surface area (Å²) in [7, 11) is 0. The van der Waals surface area contributed by atoms with Crippen LogP contribution < -0.4 is 5.32 Å². The maximum absolute atomic E-state index is 4.59. The van der Waals surface area contributed by atoms with Gasteiger partial charge in [0.25, 0.3) is 0 Å². The molecule has 0 amide bonds. The van der Waals surface area contributed by atoms with Gasteiger partial charge < -0.3 is 5.32 Å². The molecule has 0 fully saturated rings. The molecule has 0 aromatic carbocycles. The Balaban J connectivity index is 1.97. The van der Waals surface area contributed by atoms with Crippen LogP contribution >= 0.6 is 0 Å². The van der Waals surface area contributed by atoms with Crippen molar-refractivity contribution < 1.29 is 0 Å². The van der Waals surface area contributed by atoms with Crippen molar-refractivity contribution in [2.45, 2.75) is 20.8 Å². The molecule has 0 saturated carbocycles. The molecule has 4 nitrogen and oxygen atoms in total. The molecule has 1 N–H and O–H groups in total. The Morgan fingerprint density at radius 3 is 2.50 bits per heavy atom. The lowest BCUT2D eigenvalue weighted by Gasteiger charge is -2.20. The molecule has 3 heterocycles. The number of hydrogen-bond acceptors (Lipinski definition) is 4. The quantitative estimate of drug-likeness (QED) is 0.788. The smallest absolute Gasteiger partial charge is 0.0710 e. The molecule has 3 aromatic heterocycles. The summed E-state index contributed by atoms with van der Waals surface area (Å²) in [5.41, 5.74) is 3.24. The Bertz CT molecular complexity index is 776. The van der Waals surface area contributed by atoms with Gasteiger partial charge in [0.2, 0.25) is 0 Å². The molecular formula is C18H20N4. The molecule has 0 saturated heterocycles. The lowest BCUT2D eigenvalue weighted by atomic mass is 9.97. The van der Waals surface area contributed by atoms with Gasteiger partial charge in [-0.25, -0.2) is 0 Å². The summed E-state index contributed by atoms with van der Waals surface area (Å²) in [6.07, 6.45) is 9.21. The van der Waals surface area contributed by atoms with E-state index in [-0.39, 0.29) is 5.41 Å². The molecule has 0 unspecified atom stereocenters. The van der Waals surface area contributed by atoms with Gasteiger partial charge in [-0.15, -0.1) is 0 Å². The van der Waals surface area contributed by atoms with E-state index in [1.807, 2.05) is 30.7 Å². The predicted molar refractivity (Wildman–Crippen MR) is 90.7 cm³/mol. The van der Waals surface area contributed by atoms with Gasteiger partial charge >= 0.3 is 0 Å². The summed E-state index contributed by atoms with van der Waals surface area (Å²) in [5.74, 6) is 0. The molecule has 3 rings (SSSR count). The number of aromatic nitrogens is 3. The zero-order chi connectivity index (χ0) is 15.6. The number of hydrogen-bond donors (Lipinski definition) is 1. The van der Waals surface area contributed by atoms with Crippen molar-refractivity contribution in [1.29, 1.82) is 0 Å². The second-order valence-electron chi connectivity index (χ2n) is 6.63. The van der Waals surface area contributed by atoms with E-state index in [2.05, 4.69) is 47.1 Å². The van der Waals surface area contributed by atoms with Crippen LogP contribution in [0.15, 0.2) is 49.2 Å². The largest absolute Gasteiger partial charge is 0.383 e. The molecule has 22 heavy (non-hydrogen) atoms. The van der Waals surface area contributed by atoms with Gasteiger partial charge in [0.05, 0.1) is 17.6 Å². The van der Waals surface area contributed by atoms with Gasteiger partial charge in [-0.3, -0.25) is 15.0 Å². The van der Waals surface area contributed by atoms with E-state index in [1.54, 1.807) is 12.4 Å². The zero-order valence-corrected chi connectivity index (χ0v) is 13.2.